The first-order chi connectivity index (χ1) is 8.05. The summed E-state index contributed by atoms with van der Waals surface area (Å²) in [6.07, 6.45) is 7.13. The van der Waals surface area contributed by atoms with Crippen LogP contribution >= 0.6 is 0 Å². The van der Waals surface area contributed by atoms with Crippen LogP contribution < -0.4 is 5.32 Å². The van der Waals surface area contributed by atoms with Gasteiger partial charge in [-0.3, -0.25) is 4.79 Å². The first-order valence-corrected chi connectivity index (χ1v) is 7.08. The number of hydrogen-bond donors (Lipinski definition) is 2. The minimum Gasteiger partial charge on any atom is -0.380 e. The molecule has 0 aromatic rings. The molecule has 1 amide bonds. The van der Waals surface area contributed by atoms with Crippen molar-refractivity contribution < 1.29 is 9.90 Å². The Labute approximate surface area is 104 Å². The fraction of sp³-hybridized carbons (Fsp3) is 0.929. The molecule has 1 unspecified atom stereocenters. The minimum atomic E-state index is -1.01. The number of rotatable bonds is 4. The van der Waals surface area contributed by atoms with Gasteiger partial charge in [-0.15, -0.1) is 0 Å². The second-order valence-corrected chi connectivity index (χ2v) is 6.00. The molecule has 2 rings (SSSR count). The van der Waals surface area contributed by atoms with Gasteiger partial charge in [-0.2, -0.15) is 0 Å². The molecule has 2 N–H and O–H groups in total. The summed E-state index contributed by atoms with van der Waals surface area (Å²) in [5.74, 6) is 1.50. The Morgan fingerprint density at radius 2 is 1.94 bits per heavy atom. The lowest BCUT2D eigenvalue weighted by Gasteiger charge is -2.32. The highest BCUT2D eigenvalue weighted by atomic mass is 16.3. The van der Waals surface area contributed by atoms with Gasteiger partial charge in [0.1, 0.15) is 5.60 Å². The Morgan fingerprint density at radius 3 is 2.41 bits per heavy atom. The molecule has 0 aromatic carbocycles. The van der Waals surface area contributed by atoms with E-state index in [-0.39, 0.29) is 5.91 Å². The van der Waals surface area contributed by atoms with Crippen LogP contribution in [0.1, 0.15) is 58.8 Å². The molecule has 0 aliphatic heterocycles. The van der Waals surface area contributed by atoms with Crippen LogP contribution in [-0.4, -0.2) is 22.7 Å². The molecular formula is C14H25NO2. The van der Waals surface area contributed by atoms with Gasteiger partial charge < -0.3 is 10.4 Å². The molecule has 98 valence electrons. The molecule has 2 aliphatic rings. The number of carbonyl (C=O) groups excluding carboxylic acids is 1. The molecule has 2 aliphatic carbocycles. The number of carbonyl (C=O) groups is 1. The molecule has 3 heteroatoms. The van der Waals surface area contributed by atoms with E-state index in [1.807, 2.05) is 0 Å². The van der Waals surface area contributed by atoms with E-state index in [2.05, 4.69) is 19.2 Å². The standard InChI is InChI=1S/C14H25NO2/c1-3-10(2)11-4-6-12(7-5-11)15-13(16)14(17)8-9-14/h10-12,17H,3-9H2,1-2H3,(H,15,16)/t10?,11-,12-. The zero-order valence-electron chi connectivity index (χ0n) is 11.0. The molecule has 1 atom stereocenters. The Kier molecular flexibility index (Phi) is 3.76. The zero-order chi connectivity index (χ0) is 12.5. The van der Waals surface area contributed by atoms with E-state index >= 15 is 0 Å². The maximum absolute atomic E-state index is 11.7. The molecular weight excluding hydrogens is 214 g/mol. The van der Waals surface area contributed by atoms with Gasteiger partial charge in [0.25, 0.3) is 5.91 Å². The minimum absolute atomic E-state index is 0.135. The smallest absolute Gasteiger partial charge is 0.252 e. The fourth-order valence-corrected chi connectivity index (χ4v) is 2.83. The van der Waals surface area contributed by atoms with Crippen molar-refractivity contribution in [3.8, 4) is 0 Å². The largest absolute Gasteiger partial charge is 0.380 e. The summed E-state index contributed by atoms with van der Waals surface area (Å²) in [5.41, 5.74) is -1.01. The van der Waals surface area contributed by atoms with Gasteiger partial charge in [0.2, 0.25) is 0 Å². The fourth-order valence-electron chi connectivity index (χ4n) is 2.83. The van der Waals surface area contributed by atoms with E-state index in [4.69, 9.17) is 0 Å². The molecule has 0 aromatic heterocycles. The molecule has 2 fully saturated rings. The second-order valence-electron chi connectivity index (χ2n) is 6.00. The molecule has 0 heterocycles. The third kappa shape index (κ3) is 3.01. The van der Waals surface area contributed by atoms with Crippen LogP contribution in [-0.2, 0) is 4.79 Å². The Bertz CT molecular complexity index is 278. The predicted molar refractivity (Wildman–Crippen MR) is 67.5 cm³/mol. The van der Waals surface area contributed by atoms with Crippen LogP contribution in [0.25, 0.3) is 0 Å². The number of nitrogens with one attached hydrogen (secondary N) is 1. The number of hydrogen-bond acceptors (Lipinski definition) is 2. The van der Waals surface area contributed by atoms with Crippen LogP contribution in [0.3, 0.4) is 0 Å². The van der Waals surface area contributed by atoms with Gasteiger partial charge in [0.15, 0.2) is 0 Å². The van der Waals surface area contributed by atoms with Gasteiger partial charge in [-0.1, -0.05) is 20.3 Å². The average Bonchev–Trinajstić information content (AvgIpc) is 3.09. The maximum atomic E-state index is 11.7. The van der Waals surface area contributed by atoms with Crippen molar-refractivity contribution in [2.45, 2.75) is 70.4 Å². The zero-order valence-corrected chi connectivity index (χ0v) is 11.0. The highest BCUT2D eigenvalue weighted by molar-refractivity contribution is 5.87. The molecule has 0 bridgehead atoms. The lowest BCUT2D eigenvalue weighted by molar-refractivity contribution is -0.132. The summed E-state index contributed by atoms with van der Waals surface area (Å²) in [7, 11) is 0. The van der Waals surface area contributed by atoms with Crippen molar-refractivity contribution in [1.82, 2.24) is 5.32 Å². The summed E-state index contributed by atoms with van der Waals surface area (Å²) in [4.78, 5) is 11.7. The lowest BCUT2D eigenvalue weighted by Crippen LogP contribution is -2.44. The second kappa shape index (κ2) is 4.97. The molecule has 0 spiro atoms. The molecule has 3 nitrogen and oxygen atoms in total. The van der Waals surface area contributed by atoms with E-state index in [0.29, 0.717) is 18.9 Å². The summed E-state index contributed by atoms with van der Waals surface area (Å²) in [6, 6.07) is 0.299. The molecule has 0 radical (unpaired) electrons. The van der Waals surface area contributed by atoms with Crippen molar-refractivity contribution in [2.24, 2.45) is 11.8 Å². The topological polar surface area (TPSA) is 49.3 Å². The van der Waals surface area contributed by atoms with Crippen LogP contribution in [0.5, 0.6) is 0 Å². The summed E-state index contributed by atoms with van der Waals surface area (Å²) in [5, 5.41) is 12.7. The van der Waals surface area contributed by atoms with E-state index < -0.39 is 5.60 Å². The van der Waals surface area contributed by atoms with Crippen LogP contribution in [0.4, 0.5) is 0 Å². The van der Waals surface area contributed by atoms with Crippen molar-refractivity contribution in [3.63, 3.8) is 0 Å². The van der Waals surface area contributed by atoms with E-state index in [0.717, 1.165) is 24.7 Å². The normalized spacial score (nSPS) is 32.9. The summed E-state index contributed by atoms with van der Waals surface area (Å²) >= 11 is 0. The number of amides is 1. The van der Waals surface area contributed by atoms with Crippen molar-refractivity contribution in [2.75, 3.05) is 0 Å². The third-order valence-corrected chi connectivity index (χ3v) is 4.70. The van der Waals surface area contributed by atoms with E-state index in [1.165, 1.54) is 19.3 Å². The molecule has 2 saturated carbocycles. The first-order valence-electron chi connectivity index (χ1n) is 7.08. The first kappa shape index (κ1) is 12.9. The molecule has 17 heavy (non-hydrogen) atoms. The van der Waals surface area contributed by atoms with Gasteiger partial charge in [0, 0.05) is 6.04 Å². The van der Waals surface area contributed by atoms with Gasteiger partial charge in [0.05, 0.1) is 0 Å². The Morgan fingerprint density at radius 1 is 1.35 bits per heavy atom. The quantitative estimate of drug-likeness (QED) is 0.790. The average molecular weight is 239 g/mol. The Hall–Kier alpha value is -0.570. The Balaban J connectivity index is 1.74. The summed E-state index contributed by atoms with van der Waals surface area (Å²) < 4.78 is 0. The van der Waals surface area contributed by atoms with Crippen molar-refractivity contribution in [3.05, 3.63) is 0 Å². The van der Waals surface area contributed by atoms with Crippen LogP contribution in [0.2, 0.25) is 0 Å². The summed E-state index contributed by atoms with van der Waals surface area (Å²) in [6.45, 7) is 4.58. The number of aliphatic hydroxyl groups is 1. The highest BCUT2D eigenvalue weighted by Gasteiger charge is 2.48. The van der Waals surface area contributed by atoms with Crippen LogP contribution in [0.15, 0.2) is 0 Å². The third-order valence-electron chi connectivity index (χ3n) is 4.70. The highest BCUT2D eigenvalue weighted by Crippen LogP contribution is 2.36. The SMILES string of the molecule is CCC(C)[C@H]1CC[C@H](NC(=O)C2(O)CC2)CC1. The lowest BCUT2D eigenvalue weighted by atomic mass is 9.78. The van der Waals surface area contributed by atoms with Crippen molar-refractivity contribution >= 4 is 5.91 Å². The van der Waals surface area contributed by atoms with Gasteiger partial charge in [-0.25, -0.2) is 0 Å². The monoisotopic (exact) mass is 239 g/mol. The maximum Gasteiger partial charge on any atom is 0.252 e. The predicted octanol–water partition coefficient (Wildman–Crippen LogP) is 2.23. The van der Waals surface area contributed by atoms with Crippen molar-refractivity contribution in [1.29, 1.82) is 0 Å². The van der Waals surface area contributed by atoms with E-state index in [9.17, 15) is 9.90 Å². The van der Waals surface area contributed by atoms with E-state index in [1.54, 1.807) is 0 Å². The van der Waals surface area contributed by atoms with Gasteiger partial charge in [-0.05, 0) is 50.4 Å². The van der Waals surface area contributed by atoms with Crippen LogP contribution in [0, 0.1) is 11.8 Å². The van der Waals surface area contributed by atoms with Gasteiger partial charge >= 0.3 is 0 Å². The molecule has 0 saturated heterocycles.